The van der Waals surface area contributed by atoms with Gasteiger partial charge in [0, 0.05) is 23.3 Å². The van der Waals surface area contributed by atoms with Crippen molar-refractivity contribution in [1.82, 2.24) is 15.5 Å². The van der Waals surface area contributed by atoms with Crippen molar-refractivity contribution < 1.29 is 4.79 Å². The van der Waals surface area contributed by atoms with E-state index in [1.54, 1.807) is 0 Å². The van der Waals surface area contributed by atoms with Gasteiger partial charge in [-0.1, -0.05) is 32.0 Å². The summed E-state index contributed by atoms with van der Waals surface area (Å²) < 4.78 is 0. The highest BCUT2D eigenvalue weighted by atomic mass is 16.2. The number of carbonyl (C=O) groups excluding carboxylic acids is 1. The Morgan fingerprint density at radius 1 is 1.21 bits per heavy atom. The van der Waals surface area contributed by atoms with Crippen molar-refractivity contribution in [3.63, 3.8) is 0 Å². The molecule has 5 nitrogen and oxygen atoms in total. The number of carbonyl (C=O) groups is 1. The summed E-state index contributed by atoms with van der Waals surface area (Å²) in [5.41, 5.74) is 1.27. The van der Waals surface area contributed by atoms with Crippen molar-refractivity contribution in [3.05, 3.63) is 40.3 Å². The van der Waals surface area contributed by atoms with E-state index in [1.807, 2.05) is 38.1 Å². The van der Waals surface area contributed by atoms with Gasteiger partial charge in [-0.15, -0.1) is 0 Å². The molecule has 2 aliphatic rings. The molecule has 1 aromatic carbocycles. The van der Waals surface area contributed by atoms with Crippen LogP contribution < -0.4 is 10.9 Å². The fraction of sp³-hybridized carbons (Fsp3) is 0.526. The van der Waals surface area contributed by atoms with Crippen LogP contribution in [0.15, 0.2) is 29.1 Å². The zero-order valence-electron chi connectivity index (χ0n) is 14.1. The number of H-pyrrole nitrogens is 1. The molecule has 0 radical (unpaired) electrons. The highest BCUT2D eigenvalue weighted by molar-refractivity contribution is 5.84. The van der Waals surface area contributed by atoms with E-state index in [-0.39, 0.29) is 17.4 Å². The number of nitrogens with one attached hydrogen (secondary N) is 2. The molecule has 0 aliphatic heterocycles. The lowest BCUT2D eigenvalue weighted by atomic mass is 9.49. The van der Waals surface area contributed by atoms with Crippen LogP contribution in [0.1, 0.15) is 51.1 Å². The van der Waals surface area contributed by atoms with E-state index in [9.17, 15) is 9.59 Å². The second kappa shape index (κ2) is 5.43. The van der Waals surface area contributed by atoms with Crippen molar-refractivity contribution in [2.45, 2.75) is 51.5 Å². The molecule has 1 heterocycles. The van der Waals surface area contributed by atoms with Crippen LogP contribution in [-0.4, -0.2) is 22.1 Å². The van der Waals surface area contributed by atoms with E-state index in [1.165, 1.54) is 0 Å². The summed E-state index contributed by atoms with van der Waals surface area (Å²) >= 11 is 0. The van der Waals surface area contributed by atoms with E-state index < -0.39 is 0 Å². The SMILES string of the molecule is CC(C)C(=O)NC1CC2(C1)CC(c1n[nH]c(=O)c3ccccc13)C2. The van der Waals surface area contributed by atoms with E-state index >= 15 is 0 Å². The minimum Gasteiger partial charge on any atom is -0.353 e. The Bertz CT molecular complexity index is 841. The molecule has 0 bridgehead atoms. The average molecular weight is 325 g/mol. The first-order valence-corrected chi connectivity index (χ1v) is 8.75. The van der Waals surface area contributed by atoms with E-state index in [0.717, 1.165) is 42.1 Å². The molecule has 126 valence electrons. The zero-order valence-corrected chi connectivity index (χ0v) is 14.1. The maximum atomic E-state index is 11.9. The number of hydrogen-bond donors (Lipinski definition) is 2. The van der Waals surface area contributed by atoms with E-state index in [4.69, 9.17) is 0 Å². The molecule has 1 spiro atoms. The van der Waals surface area contributed by atoms with Gasteiger partial charge in [0.2, 0.25) is 5.91 Å². The molecule has 2 saturated carbocycles. The highest BCUT2D eigenvalue weighted by Crippen LogP contribution is 2.62. The number of benzene rings is 1. The van der Waals surface area contributed by atoms with Gasteiger partial charge in [-0.3, -0.25) is 9.59 Å². The second-order valence-electron chi connectivity index (χ2n) is 7.86. The average Bonchev–Trinajstić information content (AvgIpc) is 2.49. The third kappa shape index (κ3) is 2.43. The van der Waals surface area contributed by atoms with Crippen LogP contribution in [0.4, 0.5) is 0 Å². The van der Waals surface area contributed by atoms with Crippen LogP contribution in [0.25, 0.3) is 10.8 Å². The monoisotopic (exact) mass is 325 g/mol. The summed E-state index contributed by atoms with van der Waals surface area (Å²) in [6, 6.07) is 8.03. The maximum absolute atomic E-state index is 11.9. The van der Waals surface area contributed by atoms with Crippen molar-refractivity contribution >= 4 is 16.7 Å². The molecule has 5 heteroatoms. The number of amides is 1. The highest BCUT2D eigenvalue weighted by Gasteiger charge is 2.54. The molecule has 24 heavy (non-hydrogen) atoms. The number of nitrogens with zero attached hydrogens (tertiary/aromatic N) is 1. The summed E-state index contributed by atoms with van der Waals surface area (Å²) in [4.78, 5) is 23.7. The first-order valence-electron chi connectivity index (χ1n) is 8.75. The number of hydrogen-bond acceptors (Lipinski definition) is 3. The molecule has 1 aromatic heterocycles. The third-order valence-corrected chi connectivity index (χ3v) is 5.70. The topological polar surface area (TPSA) is 74.8 Å². The summed E-state index contributed by atoms with van der Waals surface area (Å²) in [5.74, 6) is 0.611. The molecule has 2 N–H and O–H groups in total. The lowest BCUT2D eigenvalue weighted by molar-refractivity contribution is -0.127. The Morgan fingerprint density at radius 2 is 1.88 bits per heavy atom. The van der Waals surface area contributed by atoms with E-state index in [2.05, 4.69) is 15.5 Å². The molecule has 1 amide bonds. The minimum atomic E-state index is -0.122. The Labute approximate surface area is 140 Å². The van der Waals surface area contributed by atoms with Crippen LogP contribution in [0.2, 0.25) is 0 Å². The summed E-state index contributed by atoms with van der Waals surface area (Å²) in [6.07, 6.45) is 4.35. The quantitative estimate of drug-likeness (QED) is 0.911. The van der Waals surface area contributed by atoms with Crippen molar-refractivity contribution in [2.75, 3.05) is 0 Å². The second-order valence-corrected chi connectivity index (χ2v) is 7.86. The lowest BCUT2D eigenvalue weighted by Gasteiger charge is -2.57. The van der Waals surface area contributed by atoms with Crippen LogP contribution in [0.5, 0.6) is 0 Å². The summed E-state index contributed by atoms with van der Waals surface area (Å²) in [7, 11) is 0. The summed E-state index contributed by atoms with van der Waals surface area (Å²) in [6.45, 7) is 3.85. The molecule has 2 fully saturated rings. The Hall–Kier alpha value is -2.17. The largest absolute Gasteiger partial charge is 0.353 e. The van der Waals surface area contributed by atoms with Gasteiger partial charge >= 0.3 is 0 Å². The van der Waals surface area contributed by atoms with Gasteiger partial charge in [-0.05, 0) is 37.2 Å². The molecule has 2 aromatic rings. The Balaban J connectivity index is 1.44. The molecule has 4 rings (SSSR count). The molecular formula is C19H23N3O2. The van der Waals surface area contributed by atoms with Crippen molar-refractivity contribution in [2.24, 2.45) is 11.3 Å². The zero-order chi connectivity index (χ0) is 16.9. The smallest absolute Gasteiger partial charge is 0.272 e. The maximum Gasteiger partial charge on any atom is 0.272 e. The molecule has 2 aliphatic carbocycles. The van der Waals surface area contributed by atoms with Crippen LogP contribution >= 0.6 is 0 Å². The first kappa shape index (κ1) is 15.4. The normalized spacial score (nSPS) is 28.6. The van der Waals surface area contributed by atoms with Gasteiger partial charge in [-0.25, -0.2) is 5.10 Å². The molecule has 0 saturated heterocycles. The van der Waals surface area contributed by atoms with Crippen LogP contribution in [0, 0.1) is 11.3 Å². The van der Waals surface area contributed by atoms with Gasteiger partial charge in [0.05, 0.1) is 11.1 Å². The lowest BCUT2D eigenvalue weighted by Crippen LogP contribution is -2.56. The van der Waals surface area contributed by atoms with Crippen molar-refractivity contribution in [3.8, 4) is 0 Å². The third-order valence-electron chi connectivity index (χ3n) is 5.70. The van der Waals surface area contributed by atoms with Crippen LogP contribution in [0.3, 0.4) is 0 Å². The number of aromatic amines is 1. The molecule has 0 atom stereocenters. The summed E-state index contributed by atoms with van der Waals surface area (Å²) in [5, 5.41) is 11.8. The van der Waals surface area contributed by atoms with Crippen molar-refractivity contribution in [1.29, 1.82) is 0 Å². The Morgan fingerprint density at radius 3 is 2.54 bits per heavy atom. The number of fused-ring (bicyclic) bond motifs is 1. The standard InChI is InChI=1S/C19H23N3O2/c1-11(2)17(23)20-13-9-19(10-13)7-12(8-19)16-14-5-3-4-6-15(14)18(24)22-21-16/h3-6,11-13H,7-10H2,1-2H3,(H,20,23)(H,22,24). The van der Waals surface area contributed by atoms with Gasteiger partial charge in [0.15, 0.2) is 0 Å². The van der Waals surface area contributed by atoms with Gasteiger partial charge in [0.25, 0.3) is 5.56 Å². The van der Waals surface area contributed by atoms with Gasteiger partial charge in [0.1, 0.15) is 0 Å². The fourth-order valence-corrected chi connectivity index (χ4v) is 4.41. The fourth-order valence-electron chi connectivity index (χ4n) is 4.41. The first-order chi connectivity index (χ1) is 11.5. The number of aromatic nitrogens is 2. The predicted molar refractivity (Wildman–Crippen MR) is 92.8 cm³/mol. The van der Waals surface area contributed by atoms with Gasteiger partial charge in [-0.2, -0.15) is 5.10 Å². The minimum absolute atomic E-state index is 0.0485. The van der Waals surface area contributed by atoms with Crippen LogP contribution in [-0.2, 0) is 4.79 Å². The van der Waals surface area contributed by atoms with E-state index in [0.29, 0.717) is 17.4 Å². The molecule has 0 unspecified atom stereocenters. The molecular weight excluding hydrogens is 302 g/mol. The Kier molecular flexibility index (Phi) is 3.48. The predicted octanol–water partition coefficient (Wildman–Crippen LogP) is 2.72. The number of rotatable bonds is 3. The van der Waals surface area contributed by atoms with Gasteiger partial charge < -0.3 is 5.32 Å².